The molecule has 0 amide bonds. The van der Waals surface area contributed by atoms with Crippen LogP contribution in [0.2, 0.25) is 0 Å². The van der Waals surface area contributed by atoms with Gasteiger partial charge in [0.25, 0.3) is 0 Å². The van der Waals surface area contributed by atoms with Crippen molar-refractivity contribution in [2.24, 2.45) is 11.3 Å². The lowest BCUT2D eigenvalue weighted by atomic mass is 9.49. The van der Waals surface area contributed by atoms with Crippen molar-refractivity contribution in [1.29, 1.82) is 0 Å². The molecule has 4 aliphatic rings. The first-order chi connectivity index (χ1) is 13.5. The minimum absolute atomic E-state index is 0.146. The van der Waals surface area contributed by atoms with Crippen LogP contribution in [0.5, 0.6) is 0 Å². The van der Waals surface area contributed by atoms with E-state index in [2.05, 4.69) is 42.9 Å². The maximum atomic E-state index is 13.4. The van der Waals surface area contributed by atoms with Crippen LogP contribution in [0.15, 0.2) is 30.2 Å². The normalized spacial score (nSPS) is 30.8. The Labute approximate surface area is 170 Å². The lowest BCUT2D eigenvalue weighted by Crippen LogP contribution is -2.66. The van der Waals surface area contributed by atoms with E-state index in [4.69, 9.17) is 5.73 Å². The van der Waals surface area contributed by atoms with Gasteiger partial charge in [-0.25, -0.2) is 4.98 Å². The van der Waals surface area contributed by atoms with Gasteiger partial charge in [-0.15, -0.1) is 0 Å². The van der Waals surface area contributed by atoms with Gasteiger partial charge in [0.2, 0.25) is 0 Å². The lowest BCUT2D eigenvalue weighted by molar-refractivity contribution is -0.137. The minimum Gasteiger partial charge on any atom is -0.383 e. The second kappa shape index (κ2) is 6.78. The van der Waals surface area contributed by atoms with Crippen LogP contribution in [-0.2, 0) is 6.18 Å². The Morgan fingerprint density at radius 2 is 1.90 bits per heavy atom. The molecule has 3 saturated carbocycles. The Morgan fingerprint density at radius 1 is 1.21 bits per heavy atom. The van der Waals surface area contributed by atoms with Gasteiger partial charge in [-0.3, -0.25) is 0 Å². The van der Waals surface area contributed by atoms with E-state index in [1.165, 1.54) is 37.2 Å². The molecule has 158 valence electrons. The maximum absolute atomic E-state index is 13.4. The van der Waals surface area contributed by atoms with Crippen LogP contribution in [0.25, 0.3) is 5.57 Å². The van der Waals surface area contributed by atoms with Gasteiger partial charge in [0, 0.05) is 23.6 Å². The number of rotatable bonds is 3. The summed E-state index contributed by atoms with van der Waals surface area (Å²) < 4.78 is 40.1. The van der Waals surface area contributed by atoms with Gasteiger partial charge in [0.15, 0.2) is 0 Å². The molecular formula is C23H30F3N3. The van der Waals surface area contributed by atoms with Crippen molar-refractivity contribution < 1.29 is 13.2 Å². The number of pyridine rings is 1. The average molecular weight is 406 g/mol. The number of aromatic nitrogens is 1. The highest BCUT2D eigenvalue weighted by atomic mass is 19.4. The van der Waals surface area contributed by atoms with Crippen LogP contribution < -0.4 is 5.73 Å². The third kappa shape index (κ3) is 3.90. The maximum Gasteiger partial charge on any atom is 0.419 e. The van der Waals surface area contributed by atoms with Gasteiger partial charge in [-0.1, -0.05) is 26.8 Å². The first kappa shape index (κ1) is 20.3. The number of allylic oxidation sites excluding steroid dienone is 3. The Kier molecular flexibility index (Phi) is 4.74. The molecule has 2 heterocycles. The number of hydrogen-bond donors (Lipinski definition) is 1. The summed E-state index contributed by atoms with van der Waals surface area (Å²) >= 11 is 0. The van der Waals surface area contributed by atoms with Crippen molar-refractivity contribution in [2.75, 3.05) is 5.73 Å². The van der Waals surface area contributed by atoms with E-state index >= 15 is 0 Å². The second-order valence-corrected chi connectivity index (χ2v) is 10.2. The molecule has 6 heteroatoms. The number of hydrogen-bond acceptors (Lipinski definition) is 3. The Balaban J connectivity index is 1.74. The van der Waals surface area contributed by atoms with E-state index < -0.39 is 17.6 Å². The van der Waals surface area contributed by atoms with Crippen LogP contribution in [0, 0.1) is 11.3 Å². The molecule has 29 heavy (non-hydrogen) atoms. The van der Waals surface area contributed by atoms with E-state index in [-0.39, 0.29) is 11.0 Å². The van der Waals surface area contributed by atoms with Gasteiger partial charge in [-0.05, 0) is 73.5 Å². The molecule has 1 aliphatic heterocycles. The lowest BCUT2D eigenvalue weighted by Gasteiger charge is -2.67. The van der Waals surface area contributed by atoms with Crippen molar-refractivity contribution in [3.8, 4) is 0 Å². The topological polar surface area (TPSA) is 42.1 Å². The third-order valence-corrected chi connectivity index (χ3v) is 6.45. The van der Waals surface area contributed by atoms with Crippen LogP contribution in [0.4, 0.5) is 19.0 Å². The third-order valence-electron chi connectivity index (χ3n) is 6.45. The van der Waals surface area contributed by atoms with Crippen LogP contribution in [-0.4, -0.2) is 15.4 Å². The zero-order valence-corrected chi connectivity index (χ0v) is 17.4. The second-order valence-electron chi connectivity index (χ2n) is 10.2. The number of nitrogen functional groups attached to an aromatic ring is 1. The van der Waals surface area contributed by atoms with Crippen molar-refractivity contribution in [1.82, 2.24) is 9.88 Å². The molecular weight excluding hydrogens is 375 g/mol. The minimum atomic E-state index is -4.50. The first-order valence-electron chi connectivity index (χ1n) is 10.5. The molecule has 1 aromatic heterocycles. The van der Waals surface area contributed by atoms with Gasteiger partial charge < -0.3 is 10.6 Å². The highest BCUT2D eigenvalue weighted by Gasteiger charge is 2.60. The van der Waals surface area contributed by atoms with Crippen molar-refractivity contribution >= 4 is 11.4 Å². The van der Waals surface area contributed by atoms with Gasteiger partial charge in [-0.2, -0.15) is 13.2 Å². The summed E-state index contributed by atoms with van der Waals surface area (Å²) in [5.74, 6) is 0.362. The Hall–Kier alpha value is -1.98. The van der Waals surface area contributed by atoms with Gasteiger partial charge >= 0.3 is 6.18 Å². The van der Waals surface area contributed by atoms with E-state index in [0.29, 0.717) is 5.56 Å². The molecule has 0 atom stereocenters. The molecule has 0 saturated heterocycles. The molecule has 3 fully saturated rings. The fourth-order valence-electron chi connectivity index (χ4n) is 4.93. The summed E-state index contributed by atoms with van der Waals surface area (Å²) in [7, 11) is 0. The van der Waals surface area contributed by atoms with Crippen LogP contribution >= 0.6 is 0 Å². The standard InChI is InChI=1S/C23H30F3N3/c1-21(2,3)12-18-7-5-4-6-16(14-29(18)22-9-15(10-22)11-22)17-8-19(23(24,25)26)20(27)28-13-17/h7-8,13-15H,4-6,9-12H2,1-3H3,(H2,27,28)/b16-14+,18-7-. The molecule has 3 aliphatic carbocycles. The zero-order valence-electron chi connectivity index (χ0n) is 17.4. The van der Waals surface area contributed by atoms with Crippen LogP contribution in [0.1, 0.15) is 76.8 Å². The van der Waals surface area contributed by atoms with E-state index in [9.17, 15) is 13.2 Å². The SMILES string of the molecule is CC(C)(C)C/C1=C/CCC/C(c2cnc(N)c(C(F)(F)F)c2)=C\N1C12CC(C1)C2. The predicted molar refractivity (Wildman–Crippen MR) is 110 cm³/mol. The predicted octanol–water partition coefficient (Wildman–Crippen LogP) is 6.38. The van der Waals surface area contributed by atoms with E-state index in [1.807, 2.05) is 0 Å². The van der Waals surface area contributed by atoms with Crippen molar-refractivity contribution in [3.63, 3.8) is 0 Å². The van der Waals surface area contributed by atoms with E-state index in [0.717, 1.165) is 37.2 Å². The smallest absolute Gasteiger partial charge is 0.383 e. The van der Waals surface area contributed by atoms with Gasteiger partial charge in [0.1, 0.15) is 5.82 Å². The number of nitrogens with two attached hydrogens (primary N) is 1. The molecule has 2 bridgehead atoms. The summed E-state index contributed by atoms with van der Waals surface area (Å²) in [6.07, 6.45) is 8.56. The number of nitrogens with zero attached hydrogens (tertiary/aromatic N) is 2. The Morgan fingerprint density at radius 3 is 2.45 bits per heavy atom. The fourth-order valence-corrected chi connectivity index (χ4v) is 4.93. The average Bonchev–Trinajstić information content (AvgIpc) is 2.49. The summed E-state index contributed by atoms with van der Waals surface area (Å²) in [5, 5.41) is 0. The summed E-state index contributed by atoms with van der Waals surface area (Å²) in [5.41, 5.74) is 7.74. The molecule has 5 rings (SSSR count). The number of anilines is 1. The monoisotopic (exact) mass is 405 g/mol. The van der Waals surface area contributed by atoms with E-state index in [1.54, 1.807) is 0 Å². The quantitative estimate of drug-likeness (QED) is 0.634. The fraction of sp³-hybridized carbons (Fsp3) is 0.609. The summed E-state index contributed by atoms with van der Waals surface area (Å²) in [6, 6.07) is 1.17. The molecule has 1 aromatic rings. The zero-order chi connectivity index (χ0) is 21.0. The van der Waals surface area contributed by atoms with Crippen molar-refractivity contribution in [2.45, 2.75) is 77.4 Å². The summed E-state index contributed by atoms with van der Waals surface area (Å²) in [6.45, 7) is 6.70. The molecule has 0 spiro atoms. The van der Waals surface area contributed by atoms with Crippen molar-refractivity contribution in [3.05, 3.63) is 41.4 Å². The largest absolute Gasteiger partial charge is 0.419 e. The summed E-state index contributed by atoms with van der Waals surface area (Å²) in [4.78, 5) is 6.28. The molecule has 0 radical (unpaired) electrons. The number of halogens is 3. The van der Waals surface area contributed by atoms with Crippen LogP contribution in [0.3, 0.4) is 0 Å². The number of alkyl halides is 3. The first-order valence-corrected chi connectivity index (χ1v) is 10.5. The highest BCUT2D eigenvalue weighted by molar-refractivity contribution is 5.67. The van der Waals surface area contributed by atoms with Gasteiger partial charge in [0.05, 0.1) is 5.56 Å². The Bertz CT molecular complexity index is 844. The molecule has 0 unspecified atom stereocenters. The molecule has 3 nitrogen and oxygen atoms in total. The highest BCUT2D eigenvalue weighted by Crippen LogP contribution is 2.62. The molecule has 0 aromatic carbocycles. The molecule has 2 N–H and O–H groups in total.